The number of nitrogens with zero attached hydrogens (tertiary/aromatic N) is 9. The lowest BCUT2D eigenvalue weighted by atomic mass is 9.88. The van der Waals surface area contributed by atoms with Crippen LogP contribution in [0.2, 0.25) is 0 Å². The molecule has 322 valence electrons. The molecule has 0 bridgehead atoms. The van der Waals surface area contributed by atoms with Crippen LogP contribution in [0.25, 0.3) is 31.3 Å². The van der Waals surface area contributed by atoms with Crippen LogP contribution in [0.4, 0.5) is 0 Å². The summed E-state index contributed by atoms with van der Waals surface area (Å²) >= 11 is 0. The Hall–Kier alpha value is -5.27. The van der Waals surface area contributed by atoms with Crippen LogP contribution in [0, 0.1) is 0 Å². The first-order chi connectivity index (χ1) is 28.9. The van der Waals surface area contributed by atoms with Crippen LogP contribution in [0.3, 0.4) is 0 Å². The normalized spacial score (nSPS) is 35.0. The molecule has 60 heavy (non-hydrogen) atoms. The lowest BCUT2D eigenvalue weighted by molar-refractivity contribution is -0.413. The molecule has 0 amide bonds. The molecule has 3 saturated heterocycles. The van der Waals surface area contributed by atoms with Crippen molar-refractivity contribution in [2.45, 2.75) is 146 Å². The minimum Gasteiger partial charge on any atom is -0.454 e. The van der Waals surface area contributed by atoms with Gasteiger partial charge >= 0.3 is 11.9 Å². The predicted octanol–water partition coefficient (Wildman–Crippen LogP) is 6.00. The van der Waals surface area contributed by atoms with Gasteiger partial charge in [-0.2, -0.15) is 0 Å². The average Bonchev–Trinajstić information content (AvgIpc) is 3.21. The number of carbonyl (C=O) groups is 2. The Balaban J connectivity index is 1.65. The van der Waals surface area contributed by atoms with E-state index in [9.17, 15) is 31.3 Å². The highest BCUT2D eigenvalue weighted by atomic mass is 16.8. The fourth-order valence-corrected chi connectivity index (χ4v) is 7.57. The summed E-state index contributed by atoms with van der Waals surface area (Å²) in [7, 11) is 0. The number of benzene rings is 2. The lowest BCUT2D eigenvalue weighted by Crippen LogP contribution is -2.70. The SMILES string of the molecule is C=CC[C@]1(O[C@@H]2[C@@H](O[C@H]3O[C@H](C)[C@@H](N=[N+]=[N-])[C@H](O)[C@@H]3OC(C)=O)O[C@H](C)[C@@H](N=[N+]=[N-])[C@@H]2OCc2ccccc2)O[C@H](C)[C@@H](N=[N+]=[N-])[C@H](OCc2ccccc2)[C@@H]1OC(C)=O. The third-order valence-electron chi connectivity index (χ3n) is 10.2. The van der Waals surface area contributed by atoms with E-state index in [1.54, 1.807) is 13.8 Å². The second-order valence-corrected chi connectivity index (χ2v) is 14.5. The number of hydrogen-bond donors (Lipinski definition) is 1. The number of ether oxygens (including phenoxy) is 9. The van der Waals surface area contributed by atoms with Crippen LogP contribution < -0.4 is 0 Å². The highest BCUT2D eigenvalue weighted by Gasteiger charge is 2.61. The van der Waals surface area contributed by atoms with E-state index in [2.05, 4.69) is 36.7 Å². The first-order valence-electron chi connectivity index (χ1n) is 19.2. The van der Waals surface area contributed by atoms with Gasteiger partial charge in [-0.05, 0) is 48.5 Å². The third kappa shape index (κ3) is 10.9. The topological polar surface area (TPSA) is 284 Å². The van der Waals surface area contributed by atoms with Crippen LogP contribution in [-0.4, -0.2) is 108 Å². The summed E-state index contributed by atoms with van der Waals surface area (Å²) in [4.78, 5) is 34.2. The number of hydrogen-bond acceptors (Lipinski definition) is 15. The fraction of sp³-hybridized carbons (Fsp3) is 0.590. The van der Waals surface area contributed by atoms with Crippen molar-refractivity contribution in [1.82, 2.24) is 0 Å². The van der Waals surface area contributed by atoms with Crippen molar-refractivity contribution >= 4 is 11.9 Å². The minimum absolute atomic E-state index is 0.00305. The number of carbonyl (C=O) groups excluding carboxylic acids is 2. The molecule has 0 saturated carbocycles. The predicted molar refractivity (Wildman–Crippen MR) is 209 cm³/mol. The Morgan fingerprint density at radius 2 is 1.22 bits per heavy atom. The molecule has 0 aliphatic carbocycles. The minimum atomic E-state index is -2.02. The molecule has 3 fully saturated rings. The Morgan fingerprint density at radius 1 is 0.733 bits per heavy atom. The van der Waals surface area contributed by atoms with Gasteiger partial charge in [-0.15, -0.1) is 6.58 Å². The molecule has 0 radical (unpaired) electrons. The second kappa shape index (κ2) is 21.3. The largest absolute Gasteiger partial charge is 0.454 e. The zero-order valence-corrected chi connectivity index (χ0v) is 33.7. The van der Waals surface area contributed by atoms with E-state index in [0.717, 1.165) is 18.1 Å². The second-order valence-electron chi connectivity index (χ2n) is 14.5. The van der Waals surface area contributed by atoms with Crippen LogP contribution >= 0.6 is 0 Å². The van der Waals surface area contributed by atoms with Gasteiger partial charge < -0.3 is 47.7 Å². The zero-order valence-electron chi connectivity index (χ0n) is 33.7. The summed E-state index contributed by atoms with van der Waals surface area (Å²) in [5.74, 6) is -3.59. The Morgan fingerprint density at radius 3 is 1.73 bits per heavy atom. The number of rotatable bonds is 17. The van der Waals surface area contributed by atoms with Crippen molar-refractivity contribution in [3.63, 3.8) is 0 Å². The first-order valence-corrected chi connectivity index (χ1v) is 19.2. The summed E-state index contributed by atoms with van der Waals surface area (Å²) in [6, 6.07) is 14.9. The van der Waals surface area contributed by atoms with E-state index in [1.807, 2.05) is 60.7 Å². The molecule has 3 aliphatic rings. The molecule has 2 aromatic carbocycles. The number of esters is 2. The summed E-state index contributed by atoms with van der Waals surface area (Å²) in [5, 5.41) is 23.0. The van der Waals surface area contributed by atoms with E-state index < -0.39 is 103 Å². The maximum absolute atomic E-state index is 13.0. The molecular weight excluding hydrogens is 786 g/mol. The number of aliphatic hydroxyl groups excluding tert-OH is 1. The fourth-order valence-electron chi connectivity index (χ4n) is 7.57. The standard InChI is InChI=1S/C39H49N9O12/c1-7-18-39(36(57-25(6)50)33(30(45-48-42)23(4)59-39)53-20-27-16-12-9-13-17-27)60-35-32(52-19-26-14-10-8-11-15-26)29(44-47-41)22(3)55-38(35)58-37-34(56-24(5)49)31(51)28(43-46-40)21(2)54-37/h7-17,21-23,28-38,51H,1,18-20H2,2-6H3/t21-,22-,23-,28-,29-,30-,31+,32+,33+,34+,35+,36+,37-,38-,39-/m1/s1. The first kappa shape index (κ1) is 45.8. The Bertz CT molecular complexity index is 1920. The van der Waals surface area contributed by atoms with Crippen LogP contribution in [0.1, 0.15) is 52.2 Å². The van der Waals surface area contributed by atoms with Crippen LogP contribution in [0.5, 0.6) is 0 Å². The van der Waals surface area contributed by atoms with E-state index >= 15 is 0 Å². The number of azide groups is 3. The molecule has 3 aliphatic heterocycles. The Kier molecular flexibility index (Phi) is 16.3. The van der Waals surface area contributed by atoms with Gasteiger partial charge in [0.2, 0.25) is 12.1 Å². The lowest BCUT2D eigenvalue weighted by Gasteiger charge is -2.54. The molecular formula is C39H49N9O12. The third-order valence-corrected chi connectivity index (χ3v) is 10.2. The van der Waals surface area contributed by atoms with Gasteiger partial charge in [0.05, 0.1) is 49.7 Å². The van der Waals surface area contributed by atoms with Crippen molar-refractivity contribution in [1.29, 1.82) is 0 Å². The van der Waals surface area contributed by atoms with E-state index in [-0.39, 0.29) is 19.6 Å². The van der Waals surface area contributed by atoms with Crippen molar-refractivity contribution in [2.24, 2.45) is 15.3 Å². The monoisotopic (exact) mass is 835 g/mol. The summed E-state index contributed by atoms with van der Waals surface area (Å²) in [5.41, 5.74) is 30.2. The molecule has 1 N–H and O–H groups in total. The summed E-state index contributed by atoms with van der Waals surface area (Å²) < 4.78 is 57.0. The molecule has 15 atom stereocenters. The van der Waals surface area contributed by atoms with Gasteiger partial charge in [-0.3, -0.25) is 9.59 Å². The molecule has 21 heteroatoms. The maximum Gasteiger partial charge on any atom is 0.303 e. The summed E-state index contributed by atoms with van der Waals surface area (Å²) in [6.07, 6.45) is -13.2. The molecule has 21 nitrogen and oxygen atoms in total. The highest BCUT2D eigenvalue weighted by Crippen LogP contribution is 2.43. The van der Waals surface area contributed by atoms with Crippen LogP contribution in [0.15, 0.2) is 88.7 Å². The van der Waals surface area contributed by atoms with Crippen molar-refractivity contribution in [3.8, 4) is 0 Å². The van der Waals surface area contributed by atoms with Crippen LogP contribution in [-0.2, 0) is 65.4 Å². The van der Waals surface area contributed by atoms with Gasteiger partial charge in [0, 0.05) is 35.0 Å². The van der Waals surface area contributed by atoms with Crippen molar-refractivity contribution in [2.75, 3.05) is 0 Å². The van der Waals surface area contributed by atoms with E-state index in [1.165, 1.54) is 19.9 Å². The van der Waals surface area contributed by atoms with Crippen molar-refractivity contribution < 1.29 is 57.3 Å². The quantitative estimate of drug-likeness (QED) is 0.0631. The average molecular weight is 836 g/mol. The van der Waals surface area contributed by atoms with Crippen molar-refractivity contribution in [3.05, 3.63) is 116 Å². The summed E-state index contributed by atoms with van der Waals surface area (Å²) in [6.45, 7) is 11.0. The van der Waals surface area contributed by atoms with Gasteiger partial charge in [0.1, 0.15) is 24.4 Å². The smallest absolute Gasteiger partial charge is 0.303 e. The molecule has 2 aromatic rings. The van der Waals surface area contributed by atoms with Gasteiger partial charge in [-0.1, -0.05) is 82.1 Å². The molecule has 0 aromatic heterocycles. The highest BCUT2D eigenvalue weighted by molar-refractivity contribution is 5.66. The molecule has 0 spiro atoms. The van der Waals surface area contributed by atoms with E-state index in [4.69, 9.17) is 42.6 Å². The van der Waals surface area contributed by atoms with Gasteiger partial charge in [-0.25, -0.2) is 0 Å². The zero-order chi connectivity index (χ0) is 43.4. The molecule has 5 rings (SSSR count). The number of aliphatic hydroxyl groups is 1. The molecule has 0 unspecified atom stereocenters. The maximum atomic E-state index is 13.0. The van der Waals surface area contributed by atoms with Gasteiger partial charge in [0.25, 0.3) is 0 Å². The van der Waals surface area contributed by atoms with Gasteiger partial charge in [0.15, 0.2) is 18.5 Å². The molecule has 3 heterocycles. The van der Waals surface area contributed by atoms with E-state index in [0.29, 0.717) is 0 Å². The Labute approximate surface area is 345 Å².